The first-order valence-electron chi connectivity index (χ1n) is 18.1. The molecule has 5 aromatic rings. The van der Waals surface area contributed by atoms with Crippen molar-refractivity contribution in [1.82, 2.24) is 0 Å². The van der Waals surface area contributed by atoms with E-state index in [-0.39, 0.29) is 0 Å². The van der Waals surface area contributed by atoms with E-state index in [4.69, 9.17) is 8.83 Å². The van der Waals surface area contributed by atoms with Gasteiger partial charge in [0.25, 0.3) is 0 Å². The molecule has 4 aromatic heterocycles. The molecule has 0 N–H and O–H groups in total. The molecule has 0 saturated carbocycles. The monoisotopic (exact) mass is 874 g/mol. The second-order valence-corrected chi connectivity index (χ2v) is 46.6. The molecule has 2 unspecified atom stereocenters. The van der Waals surface area contributed by atoms with E-state index in [0.29, 0.717) is 0 Å². The third kappa shape index (κ3) is 8.18. The molecule has 0 amide bonds. The summed E-state index contributed by atoms with van der Waals surface area (Å²) in [6.45, 7) is 9.34. The molecule has 0 bridgehead atoms. The number of hydrogen-bond acceptors (Lipinski definition) is 4. The average Bonchev–Trinajstić information content (AvgIpc) is 3.81. The van der Waals surface area contributed by atoms with Gasteiger partial charge in [-0.1, -0.05) is 13.8 Å². The predicted molar refractivity (Wildman–Crippen MR) is 213 cm³/mol. The van der Waals surface area contributed by atoms with Gasteiger partial charge in [-0.15, -0.1) is 0 Å². The van der Waals surface area contributed by atoms with Crippen molar-refractivity contribution in [2.45, 2.75) is 122 Å². The van der Waals surface area contributed by atoms with Crippen LogP contribution < -0.4 is 7.55 Å². The van der Waals surface area contributed by atoms with Crippen LogP contribution in [0, 0.1) is 11.8 Å². The van der Waals surface area contributed by atoms with Crippen LogP contribution in [-0.4, -0.2) is 36.8 Å². The topological polar surface area (TPSA) is 26.3 Å². The van der Waals surface area contributed by atoms with Crippen molar-refractivity contribution in [3.63, 3.8) is 0 Å². The molecule has 46 heavy (non-hydrogen) atoms. The van der Waals surface area contributed by atoms with Crippen LogP contribution in [0.3, 0.4) is 0 Å². The first-order valence-corrected chi connectivity index (χ1v) is 39.7. The van der Waals surface area contributed by atoms with Gasteiger partial charge in [-0.3, -0.25) is 0 Å². The van der Waals surface area contributed by atoms with E-state index in [1.165, 1.54) is 113 Å². The Kier molecular flexibility index (Phi) is 12.3. The van der Waals surface area contributed by atoms with E-state index in [0.717, 1.165) is 23.0 Å². The Balaban J connectivity index is 1.71. The summed E-state index contributed by atoms with van der Waals surface area (Å²) in [5.74, 6) is 1.52. The van der Waals surface area contributed by atoms with Crippen molar-refractivity contribution in [3.05, 3.63) is 46.2 Å². The van der Waals surface area contributed by atoms with Crippen LogP contribution >= 0.6 is 22.7 Å². The Morgan fingerprint density at radius 2 is 0.978 bits per heavy atom. The molecule has 5 rings (SSSR count). The van der Waals surface area contributed by atoms with Crippen molar-refractivity contribution in [3.8, 4) is 20.9 Å². The van der Waals surface area contributed by atoms with Gasteiger partial charge in [0.15, 0.2) is 0 Å². The molecule has 1 aromatic carbocycles. The van der Waals surface area contributed by atoms with Gasteiger partial charge < -0.3 is 0 Å². The summed E-state index contributed by atoms with van der Waals surface area (Å²) in [5.41, 5.74) is 4.69. The quantitative estimate of drug-likeness (QED) is 0.0924. The Morgan fingerprint density at radius 1 is 0.587 bits per heavy atom. The van der Waals surface area contributed by atoms with Crippen molar-refractivity contribution < 1.29 is 8.83 Å². The minimum atomic E-state index is -2.54. The summed E-state index contributed by atoms with van der Waals surface area (Å²) >= 11 is -1.11. The van der Waals surface area contributed by atoms with Gasteiger partial charge in [0.2, 0.25) is 0 Å². The zero-order valence-corrected chi connectivity index (χ0v) is 37.7. The summed E-state index contributed by atoms with van der Waals surface area (Å²) in [6.07, 6.45) is 12.7. The Bertz CT molecular complexity index is 1560. The molecule has 0 fully saturated rings. The maximum absolute atomic E-state index is 7.06. The fraction of sp³-hybridized carbons (Fsp3) is 0.550. The normalized spacial score (nSPS) is 14.1. The first-order chi connectivity index (χ1) is 21.9. The van der Waals surface area contributed by atoms with Gasteiger partial charge in [-0.05, 0) is 0 Å². The number of unbranched alkanes of at least 4 members (excludes halogenated alkanes) is 2. The van der Waals surface area contributed by atoms with Crippen LogP contribution in [0.25, 0.3) is 42.8 Å². The van der Waals surface area contributed by atoms with Gasteiger partial charge in [-0.25, -0.2) is 0 Å². The molecule has 4 heterocycles. The number of furan rings is 2. The van der Waals surface area contributed by atoms with Crippen molar-refractivity contribution in [2.24, 2.45) is 11.8 Å². The van der Waals surface area contributed by atoms with Crippen molar-refractivity contribution in [2.75, 3.05) is 0 Å². The van der Waals surface area contributed by atoms with Gasteiger partial charge in [0.05, 0.1) is 0 Å². The Morgan fingerprint density at radius 3 is 1.30 bits per heavy atom. The second kappa shape index (κ2) is 15.5. The SMILES string of the molecule is CCCCC(CC)Cc1ccc(-c2c3c[c]([Sn]([CH3])([CH3])[CH3])oc3c(-c3ccc(CC(CC)CCCC)s3)c3c[c]([Sn]([CH3])([CH3])[CH3])oc23)s1. The molecule has 0 aliphatic heterocycles. The fourth-order valence-electron chi connectivity index (χ4n) is 6.70. The van der Waals surface area contributed by atoms with Crippen molar-refractivity contribution in [1.29, 1.82) is 0 Å². The van der Waals surface area contributed by atoms with E-state index < -0.39 is 36.8 Å². The molecule has 0 aliphatic carbocycles. The van der Waals surface area contributed by atoms with Crippen LogP contribution in [0.4, 0.5) is 0 Å². The molecule has 2 nitrogen and oxygen atoms in total. The van der Waals surface area contributed by atoms with Gasteiger partial charge in [0.1, 0.15) is 0 Å². The number of fused-ring (bicyclic) bond motifs is 2. The Labute approximate surface area is 295 Å². The van der Waals surface area contributed by atoms with Crippen LogP contribution in [0.2, 0.25) is 29.6 Å². The zero-order chi connectivity index (χ0) is 33.2. The zero-order valence-electron chi connectivity index (χ0n) is 30.3. The van der Waals surface area contributed by atoms with Crippen LogP contribution in [-0.2, 0) is 12.8 Å². The van der Waals surface area contributed by atoms with E-state index >= 15 is 0 Å². The van der Waals surface area contributed by atoms with E-state index in [2.05, 4.69) is 93.7 Å². The molecule has 0 saturated heterocycles. The molecular weight excluding hydrogens is 814 g/mol. The van der Waals surface area contributed by atoms with Gasteiger partial charge >= 0.3 is 284 Å². The fourth-order valence-corrected chi connectivity index (χ4v) is 14.7. The summed E-state index contributed by atoms with van der Waals surface area (Å²) in [5, 5.41) is 2.51. The summed E-state index contributed by atoms with van der Waals surface area (Å²) in [6, 6.07) is 14.4. The molecule has 2 atom stereocenters. The van der Waals surface area contributed by atoms with Crippen LogP contribution in [0.5, 0.6) is 0 Å². The van der Waals surface area contributed by atoms with Gasteiger partial charge in [-0.2, -0.15) is 0 Å². The Hall–Kier alpha value is -0.703. The molecule has 6 heteroatoms. The number of benzene rings is 1. The van der Waals surface area contributed by atoms with Crippen molar-refractivity contribution >= 4 is 88.9 Å². The maximum atomic E-state index is 7.06. The average molecular weight is 872 g/mol. The van der Waals surface area contributed by atoms with Gasteiger partial charge in [0, 0.05) is 0 Å². The summed E-state index contributed by atoms with van der Waals surface area (Å²) in [7, 11) is 0. The third-order valence-corrected chi connectivity index (χ3v) is 21.9. The minimum absolute atomic E-state index is 0.761. The second-order valence-electron chi connectivity index (χ2n) is 15.7. The van der Waals surface area contributed by atoms with Crippen LogP contribution in [0.15, 0.2) is 45.2 Å². The van der Waals surface area contributed by atoms with Crippen LogP contribution in [0.1, 0.15) is 88.8 Å². The number of rotatable bonds is 16. The number of hydrogen-bond donors (Lipinski definition) is 0. The molecule has 0 aliphatic rings. The third-order valence-electron chi connectivity index (χ3n) is 9.82. The molecule has 0 spiro atoms. The summed E-state index contributed by atoms with van der Waals surface area (Å²) < 4.78 is 16.6. The van der Waals surface area contributed by atoms with E-state index in [9.17, 15) is 0 Å². The standard InChI is InChI=1S/C34H40O2S2.6CH3.2Sn/c1-5-9-11-23(7-3)21-25-13-15-29(37-25)31-27-17-19-36-34(27)32(28-18-20-35-33(28)31)30-16-14-26(38-30)22-24(8-4)12-10-6-2;;;;;;;;/h13-18,23-24H,5-12,21-22H2,1-4H3;6*1H3;;. The molecular formula is C40H58O2S2Sn2. The molecule has 250 valence electrons. The van der Waals surface area contributed by atoms with E-state index in [1.807, 2.05) is 22.7 Å². The molecule has 0 radical (unpaired) electrons. The number of thiophene rings is 2. The predicted octanol–water partition coefficient (Wildman–Crippen LogP) is 13.2. The first kappa shape index (κ1) is 36.6. The van der Waals surface area contributed by atoms with E-state index in [1.54, 1.807) is 0 Å². The summed E-state index contributed by atoms with van der Waals surface area (Å²) in [4.78, 5) is 20.5.